The highest BCUT2D eigenvalue weighted by atomic mass is 35.5. The molecule has 0 unspecified atom stereocenters. The summed E-state index contributed by atoms with van der Waals surface area (Å²) >= 11 is 11.8. The molecule has 4 N–H and O–H groups in total. The zero-order valence-corrected chi connectivity index (χ0v) is 16.5. The summed E-state index contributed by atoms with van der Waals surface area (Å²) in [4.78, 5) is 28.5. The number of nitrogens with two attached hydrogens (primary N) is 1. The molecule has 0 saturated carbocycles. The van der Waals surface area contributed by atoms with Gasteiger partial charge in [0.1, 0.15) is 5.84 Å². The molecule has 2 rings (SSSR count). The summed E-state index contributed by atoms with van der Waals surface area (Å²) in [6.45, 7) is 0.150. The summed E-state index contributed by atoms with van der Waals surface area (Å²) in [6, 6.07) is 14.2. The average molecular weight is 423 g/mol. The lowest BCUT2D eigenvalue weighted by Crippen LogP contribution is -2.29. The SMILES string of the molecule is N/C(CC(=O)Nc1ccccc1Cl)=N/OCC(=O)NCCc1ccc(Cl)cc1. The molecule has 0 aromatic heterocycles. The number of carbonyl (C=O) groups is 2. The molecule has 0 bridgehead atoms. The van der Waals surface area contributed by atoms with Crippen LogP contribution in [0.25, 0.3) is 0 Å². The van der Waals surface area contributed by atoms with Gasteiger partial charge in [0.2, 0.25) is 5.91 Å². The van der Waals surface area contributed by atoms with Crippen molar-refractivity contribution >= 4 is 46.5 Å². The van der Waals surface area contributed by atoms with E-state index in [1.165, 1.54) is 0 Å². The van der Waals surface area contributed by atoms with Crippen LogP contribution in [0.5, 0.6) is 0 Å². The van der Waals surface area contributed by atoms with Crippen LogP contribution >= 0.6 is 23.2 Å². The summed E-state index contributed by atoms with van der Waals surface area (Å²) in [5.74, 6) is -0.796. The minimum Gasteiger partial charge on any atom is -0.384 e. The van der Waals surface area contributed by atoms with Gasteiger partial charge in [0, 0.05) is 11.6 Å². The Balaban J connectivity index is 1.65. The molecule has 2 aromatic carbocycles. The largest absolute Gasteiger partial charge is 0.384 e. The third kappa shape index (κ3) is 7.85. The third-order valence-electron chi connectivity index (χ3n) is 3.52. The number of anilines is 1. The van der Waals surface area contributed by atoms with Crippen molar-refractivity contribution in [3.63, 3.8) is 0 Å². The topological polar surface area (TPSA) is 106 Å². The highest BCUT2D eigenvalue weighted by Crippen LogP contribution is 2.20. The molecular weight excluding hydrogens is 403 g/mol. The predicted octanol–water partition coefficient (Wildman–Crippen LogP) is 2.97. The van der Waals surface area contributed by atoms with Crippen molar-refractivity contribution in [2.75, 3.05) is 18.5 Å². The summed E-state index contributed by atoms with van der Waals surface area (Å²) in [5.41, 5.74) is 7.16. The maximum atomic E-state index is 11.9. The van der Waals surface area contributed by atoms with Gasteiger partial charge in [0.25, 0.3) is 5.91 Å². The molecule has 0 aliphatic rings. The molecule has 0 aliphatic heterocycles. The van der Waals surface area contributed by atoms with Crippen LogP contribution in [0.1, 0.15) is 12.0 Å². The van der Waals surface area contributed by atoms with Crippen molar-refractivity contribution in [2.45, 2.75) is 12.8 Å². The van der Waals surface area contributed by atoms with E-state index in [9.17, 15) is 9.59 Å². The predicted molar refractivity (Wildman–Crippen MR) is 110 cm³/mol. The molecule has 9 heteroatoms. The quantitative estimate of drug-likeness (QED) is 0.328. The van der Waals surface area contributed by atoms with Gasteiger partial charge in [-0.3, -0.25) is 9.59 Å². The number of amides is 2. The van der Waals surface area contributed by atoms with Gasteiger partial charge in [-0.05, 0) is 36.2 Å². The maximum absolute atomic E-state index is 11.9. The molecule has 2 aromatic rings. The van der Waals surface area contributed by atoms with Gasteiger partial charge < -0.3 is 21.2 Å². The normalized spacial score (nSPS) is 11.0. The Kier molecular flexibility index (Phi) is 8.58. The Hall–Kier alpha value is -2.77. The standard InChI is InChI=1S/C19H20Cl2N4O3/c20-14-7-5-13(6-8-14)9-10-23-19(27)12-28-25-17(22)11-18(26)24-16-4-2-1-3-15(16)21/h1-8H,9-12H2,(H2,22,25)(H,23,27)(H,24,26). The monoisotopic (exact) mass is 422 g/mol. The minimum absolute atomic E-state index is 0.0569. The maximum Gasteiger partial charge on any atom is 0.260 e. The number of hydrogen-bond acceptors (Lipinski definition) is 4. The molecule has 0 atom stereocenters. The number of carbonyl (C=O) groups excluding carboxylic acids is 2. The summed E-state index contributed by atoms with van der Waals surface area (Å²) < 4.78 is 0. The minimum atomic E-state index is -0.398. The van der Waals surface area contributed by atoms with Gasteiger partial charge in [-0.2, -0.15) is 0 Å². The first kappa shape index (κ1) is 21.5. The number of oxime groups is 1. The first-order chi connectivity index (χ1) is 13.4. The molecule has 0 spiro atoms. The molecular formula is C19H20Cl2N4O3. The summed E-state index contributed by atoms with van der Waals surface area (Å²) in [7, 11) is 0. The van der Waals surface area contributed by atoms with Crippen LogP contribution in [0.15, 0.2) is 53.7 Å². The number of nitrogens with one attached hydrogen (secondary N) is 2. The van der Waals surface area contributed by atoms with E-state index in [0.717, 1.165) is 5.56 Å². The van der Waals surface area contributed by atoms with Gasteiger partial charge in [0.15, 0.2) is 6.61 Å². The van der Waals surface area contributed by atoms with Crippen LogP contribution in [-0.4, -0.2) is 30.8 Å². The molecule has 0 saturated heterocycles. The molecule has 28 heavy (non-hydrogen) atoms. The van der Waals surface area contributed by atoms with Crippen LogP contribution in [0, 0.1) is 0 Å². The van der Waals surface area contributed by atoms with Crippen molar-refractivity contribution in [1.82, 2.24) is 5.32 Å². The van der Waals surface area contributed by atoms with E-state index in [1.807, 2.05) is 12.1 Å². The van der Waals surface area contributed by atoms with E-state index >= 15 is 0 Å². The summed E-state index contributed by atoms with van der Waals surface area (Å²) in [6.07, 6.45) is 0.472. The van der Waals surface area contributed by atoms with Crippen LogP contribution < -0.4 is 16.4 Å². The third-order valence-corrected chi connectivity index (χ3v) is 4.10. The fraction of sp³-hybridized carbons (Fsp3) is 0.211. The number of benzene rings is 2. The van der Waals surface area contributed by atoms with Gasteiger partial charge >= 0.3 is 0 Å². The molecule has 0 aliphatic carbocycles. The fourth-order valence-electron chi connectivity index (χ4n) is 2.18. The fourth-order valence-corrected chi connectivity index (χ4v) is 2.48. The van der Waals surface area contributed by atoms with Gasteiger partial charge in [-0.15, -0.1) is 0 Å². The Morgan fingerprint density at radius 3 is 2.46 bits per heavy atom. The van der Waals surface area contributed by atoms with Crippen molar-refractivity contribution in [2.24, 2.45) is 10.9 Å². The zero-order valence-electron chi connectivity index (χ0n) is 15.0. The van der Waals surface area contributed by atoms with Gasteiger partial charge in [0.05, 0.1) is 17.1 Å². The molecule has 148 valence electrons. The van der Waals surface area contributed by atoms with Gasteiger partial charge in [-0.1, -0.05) is 52.6 Å². The summed E-state index contributed by atoms with van der Waals surface area (Å²) in [5, 5.41) is 9.96. The molecule has 2 amide bonds. The van der Waals surface area contributed by atoms with Crippen LogP contribution in [0.3, 0.4) is 0 Å². The lowest BCUT2D eigenvalue weighted by molar-refractivity contribution is -0.125. The first-order valence-corrected chi connectivity index (χ1v) is 9.19. The Morgan fingerprint density at radius 2 is 1.75 bits per heavy atom. The van der Waals surface area contributed by atoms with E-state index in [-0.39, 0.29) is 24.8 Å². The van der Waals surface area contributed by atoms with E-state index < -0.39 is 5.91 Å². The number of halogens is 2. The van der Waals surface area contributed by atoms with Crippen LogP contribution in [-0.2, 0) is 20.8 Å². The number of hydrogen-bond donors (Lipinski definition) is 3. The number of amidine groups is 1. The highest BCUT2D eigenvalue weighted by molar-refractivity contribution is 6.33. The second-order valence-corrected chi connectivity index (χ2v) is 6.63. The van der Waals surface area contributed by atoms with Crippen LogP contribution in [0.4, 0.5) is 5.69 Å². The number of nitrogens with zero attached hydrogens (tertiary/aromatic N) is 1. The lowest BCUT2D eigenvalue weighted by Gasteiger charge is -2.07. The molecule has 0 fully saturated rings. The van der Waals surface area contributed by atoms with E-state index in [2.05, 4.69) is 15.8 Å². The second kappa shape index (κ2) is 11.2. The van der Waals surface area contributed by atoms with E-state index in [4.69, 9.17) is 33.8 Å². The van der Waals surface area contributed by atoms with Crippen molar-refractivity contribution in [1.29, 1.82) is 0 Å². The molecule has 7 nitrogen and oxygen atoms in total. The Labute approximate surface area is 172 Å². The smallest absolute Gasteiger partial charge is 0.260 e. The number of rotatable bonds is 9. The second-order valence-electron chi connectivity index (χ2n) is 5.79. The van der Waals surface area contributed by atoms with E-state index in [0.29, 0.717) is 28.7 Å². The Bertz CT molecular complexity index is 841. The molecule has 0 heterocycles. The van der Waals surface area contributed by atoms with Gasteiger partial charge in [-0.25, -0.2) is 0 Å². The van der Waals surface area contributed by atoms with Crippen molar-refractivity contribution in [3.8, 4) is 0 Å². The first-order valence-electron chi connectivity index (χ1n) is 8.44. The van der Waals surface area contributed by atoms with Crippen LogP contribution in [0.2, 0.25) is 10.0 Å². The van der Waals surface area contributed by atoms with Crippen molar-refractivity contribution in [3.05, 3.63) is 64.1 Å². The Morgan fingerprint density at radius 1 is 1.04 bits per heavy atom. The van der Waals surface area contributed by atoms with Crippen molar-refractivity contribution < 1.29 is 14.4 Å². The molecule has 0 radical (unpaired) electrons. The highest BCUT2D eigenvalue weighted by Gasteiger charge is 2.08. The number of para-hydroxylation sites is 1. The average Bonchev–Trinajstić information content (AvgIpc) is 2.65. The van der Waals surface area contributed by atoms with E-state index in [1.54, 1.807) is 36.4 Å². The lowest BCUT2D eigenvalue weighted by atomic mass is 10.1. The zero-order chi connectivity index (χ0) is 20.4.